The third kappa shape index (κ3) is 5.54. The molecule has 0 aliphatic rings. The summed E-state index contributed by atoms with van der Waals surface area (Å²) in [4.78, 5) is 16.9. The van der Waals surface area contributed by atoms with Crippen LogP contribution in [0, 0.1) is 13.8 Å². The van der Waals surface area contributed by atoms with Crippen molar-refractivity contribution in [3.63, 3.8) is 0 Å². The van der Waals surface area contributed by atoms with E-state index in [1.807, 2.05) is 48.8 Å². The second-order valence-electron chi connectivity index (χ2n) is 7.21. The van der Waals surface area contributed by atoms with Crippen LogP contribution in [0.25, 0.3) is 11.3 Å². The Morgan fingerprint density at radius 3 is 2.67 bits per heavy atom. The lowest BCUT2D eigenvalue weighted by Gasteiger charge is -2.11. The minimum absolute atomic E-state index is 0.360. The molecule has 30 heavy (non-hydrogen) atoms. The Bertz CT molecular complexity index is 1040. The standard InChI is InChI=1S/C24H28N4OS/c1-6-28(5)16-25-22-13-17(2)21(12-18(22)3)19(4)27-29-14-24-26-23(15-30-24)20-10-8-7-9-11-20/h7-13,15-16H,6,14H2,1-5H3. The first-order valence-corrected chi connectivity index (χ1v) is 10.9. The number of thiazole rings is 1. The molecule has 156 valence electrons. The van der Waals surface area contributed by atoms with Gasteiger partial charge >= 0.3 is 0 Å². The molecule has 2 aromatic carbocycles. The highest BCUT2D eigenvalue weighted by Gasteiger charge is 2.08. The molecule has 0 aliphatic heterocycles. The van der Waals surface area contributed by atoms with Crippen molar-refractivity contribution in [1.82, 2.24) is 9.88 Å². The molecule has 3 rings (SSSR count). The number of benzene rings is 2. The van der Waals surface area contributed by atoms with Crippen LogP contribution >= 0.6 is 11.3 Å². The number of aryl methyl sites for hydroxylation is 2. The molecule has 0 spiro atoms. The van der Waals surface area contributed by atoms with Gasteiger partial charge in [-0.15, -0.1) is 11.3 Å². The van der Waals surface area contributed by atoms with Crippen molar-refractivity contribution in [2.75, 3.05) is 13.6 Å². The molecule has 1 aromatic heterocycles. The number of rotatable bonds is 8. The quantitative estimate of drug-likeness (QED) is 0.256. The number of aliphatic imine (C=N–C) groups is 1. The summed E-state index contributed by atoms with van der Waals surface area (Å²) < 4.78 is 0. The SMILES string of the molecule is CCN(C)C=Nc1cc(C)c(C(C)=NOCc2nc(-c3ccccc3)cs2)cc1C. The van der Waals surface area contributed by atoms with Crippen LogP contribution in [-0.4, -0.2) is 35.5 Å². The zero-order chi connectivity index (χ0) is 21.5. The van der Waals surface area contributed by atoms with E-state index in [-0.39, 0.29) is 0 Å². The predicted octanol–water partition coefficient (Wildman–Crippen LogP) is 5.98. The van der Waals surface area contributed by atoms with Crippen LogP contribution < -0.4 is 0 Å². The van der Waals surface area contributed by atoms with E-state index < -0.39 is 0 Å². The smallest absolute Gasteiger partial charge is 0.168 e. The highest BCUT2D eigenvalue weighted by atomic mass is 32.1. The monoisotopic (exact) mass is 420 g/mol. The lowest BCUT2D eigenvalue weighted by Crippen LogP contribution is -2.14. The molecule has 5 nitrogen and oxygen atoms in total. The predicted molar refractivity (Wildman–Crippen MR) is 127 cm³/mol. The summed E-state index contributed by atoms with van der Waals surface area (Å²) in [5.74, 6) is 0. The molecule has 1 heterocycles. The molecular weight excluding hydrogens is 392 g/mol. The van der Waals surface area contributed by atoms with Crippen LogP contribution in [-0.2, 0) is 11.4 Å². The molecule has 0 radical (unpaired) electrons. The van der Waals surface area contributed by atoms with Gasteiger partial charge in [-0.2, -0.15) is 0 Å². The molecule has 3 aromatic rings. The highest BCUT2D eigenvalue weighted by Crippen LogP contribution is 2.24. The molecule has 0 saturated heterocycles. The molecule has 0 unspecified atom stereocenters. The van der Waals surface area contributed by atoms with Gasteiger partial charge in [0, 0.05) is 30.1 Å². The number of hydrogen-bond donors (Lipinski definition) is 0. The van der Waals surface area contributed by atoms with Gasteiger partial charge in [-0.1, -0.05) is 35.5 Å². The van der Waals surface area contributed by atoms with E-state index in [4.69, 9.17) is 4.84 Å². The fourth-order valence-electron chi connectivity index (χ4n) is 2.92. The van der Waals surface area contributed by atoms with Gasteiger partial charge < -0.3 is 9.74 Å². The molecule has 0 amide bonds. The van der Waals surface area contributed by atoms with Crippen molar-refractivity contribution in [2.45, 2.75) is 34.3 Å². The lowest BCUT2D eigenvalue weighted by atomic mass is 10.0. The van der Waals surface area contributed by atoms with Crippen molar-refractivity contribution >= 4 is 29.1 Å². The Hall–Kier alpha value is -2.99. The van der Waals surface area contributed by atoms with Crippen molar-refractivity contribution in [3.8, 4) is 11.3 Å². The summed E-state index contributed by atoms with van der Waals surface area (Å²) in [6.45, 7) is 9.49. The molecule has 0 saturated carbocycles. The minimum atomic E-state index is 0.360. The minimum Gasteiger partial charge on any atom is -0.388 e. The van der Waals surface area contributed by atoms with Crippen molar-refractivity contribution in [1.29, 1.82) is 0 Å². The van der Waals surface area contributed by atoms with Gasteiger partial charge in [0.05, 0.1) is 23.4 Å². The second-order valence-corrected chi connectivity index (χ2v) is 8.16. The fraction of sp³-hybridized carbons (Fsp3) is 0.292. The van der Waals surface area contributed by atoms with Crippen LogP contribution in [0.3, 0.4) is 0 Å². The van der Waals surface area contributed by atoms with Gasteiger partial charge in [-0.25, -0.2) is 9.98 Å². The molecule has 0 bridgehead atoms. The summed E-state index contributed by atoms with van der Waals surface area (Å²) in [7, 11) is 2.01. The van der Waals surface area contributed by atoms with Gasteiger partial charge in [-0.3, -0.25) is 0 Å². The van der Waals surface area contributed by atoms with Gasteiger partial charge in [0.2, 0.25) is 0 Å². The zero-order valence-corrected chi connectivity index (χ0v) is 19.0. The van der Waals surface area contributed by atoms with E-state index in [0.29, 0.717) is 6.61 Å². The summed E-state index contributed by atoms with van der Waals surface area (Å²) in [6, 6.07) is 14.4. The van der Waals surface area contributed by atoms with E-state index in [9.17, 15) is 0 Å². The molecule has 0 atom stereocenters. The molecular formula is C24H28N4OS. The van der Waals surface area contributed by atoms with Crippen molar-refractivity contribution in [3.05, 3.63) is 69.5 Å². The number of hydrogen-bond acceptors (Lipinski definition) is 5. The Kier molecular flexibility index (Phi) is 7.36. The van der Waals surface area contributed by atoms with Crippen molar-refractivity contribution < 1.29 is 4.84 Å². The Balaban J connectivity index is 1.66. The normalized spacial score (nSPS) is 11.8. The van der Waals surface area contributed by atoms with Gasteiger partial charge in [0.25, 0.3) is 0 Å². The van der Waals surface area contributed by atoms with Crippen molar-refractivity contribution in [2.24, 2.45) is 10.1 Å². The first kappa shape index (κ1) is 21.7. The summed E-state index contributed by atoms with van der Waals surface area (Å²) in [5.41, 5.74) is 7.20. The van der Waals surface area contributed by atoms with E-state index in [1.165, 1.54) is 0 Å². The maximum Gasteiger partial charge on any atom is 0.168 e. The maximum atomic E-state index is 5.60. The second kappa shape index (κ2) is 10.2. The van der Waals surface area contributed by atoms with E-state index in [2.05, 4.69) is 60.2 Å². The number of aromatic nitrogens is 1. The number of oxime groups is 1. The Morgan fingerprint density at radius 2 is 1.93 bits per heavy atom. The Labute approximate surface area is 182 Å². The third-order valence-electron chi connectivity index (χ3n) is 4.84. The van der Waals surface area contributed by atoms with Crippen LogP contribution in [0.5, 0.6) is 0 Å². The van der Waals surface area contributed by atoms with Gasteiger partial charge in [0.1, 0.15) is 5.01 Å². The summed E-state index contributed by atoms with van der Waals surface area (Å²) >= 11 is 1.58. The summed E-state index contributed by atoms with van der Waals surface area (Å²) in [6.07, 6.45) is 1.86. The van der Waals surface area contributed by atoms with Crippen LogP contribution in [0.15, 0.2) is 58.0 Å². The van der Waals surface area contributed by atoms with Gasteiger partial charge in [0.15, 0.2) is 6.61 Å². The van der Waals surface area contributed by atoms with Crippen LogP contribution in [0.2, 0.25) is 0 Å². The fourth-order valence-corrected chi connectivity index (χ4v) is 3.63. The highest BCUT2D eigenvalue weighted by molar-refractivity contribution is 7.09. The Morgan fingerprint density at radius 1 is 1.17 bits per heavy atom. The van der Waals surface area contributed by atoms with Gasteiger partial charge in [-0.05, 0) is 51.0 Å². The van der Waals surface area contributed by atoms with Crippen LogP contribution in [0.4, 0.5) is 5.69 Å². The largest absolute Gasteiger partial charge is 0.388 e. The summed E-state index contributed by atoms with van der Waals surface area (Å²) in [5, 5.41) is 7.28. The average Bonchev–Trinajstić information content (AvgIpc) is 3.23. The molecule has 6 heteroatoms. The van der Waals surface area contributed by atoms with E-state index >= 15 is 0 Å². The molecule has 0 N–H and O–H groups in total. The molecule has 0 aliphatic carbocycles. The maximum absolute atomic E-state index is 5.60. The molecule has 0 fully saturated rings. The van der Waals surface area contributed by atoms with E-state index in [1.54, 1.807) is 11.3 Å². The van der Waals surface area contributed by atoms with E-state index in [0.717, 1.165) is 50.9 Å². The first-order valence-electron chi connectivity index (χ1n) is 10.0. The average molecular weight is 421 g/mol. The lowest BCUT2D eigenvalue weighted by molar-refractivity contribution is 0.130. The third-order valence-corrected chi connectivity index (χ3v) is 5.66. The zero-order valence-electron chi connectivity index (χ0n) is 18.2. The topological polar surface area (TPSA) is 50.1 Å². The first-order chi connectivity index (χ1) is 14.5. The van der Waals surface area contributed by atoms with Crippen LogP contribution in [0.1, 0.15) is 35.5 Å². The number of nitrogens with zero attached hydrogens (tertiary/aromatic N) is 4.